The molecule has 3 aromatic rings. The number of hydrogen-bond acceptors (Lipinski definition) is 3. The van der Waals surface area contributed by atoms with Crippen molar-refractivity contribution in [2.24, 2.45) is 0 Å². The van der Waals surface area contributed by atoms with Gasteiger partial charge in [-0.3, -0.25) is 14.9 Å². The van der Waals surface area contributed by atoms with E-state index in [0.717, 1.165) is 11.1 Å². The van der Waals surface area contributed by atoms with Gasteiger partial charge in [-0.15, -0.1) is 0 Å². The summed E-state index contributed by atoms with van der Waals surface area (Å²) in [5.74, 6) is -0.217. The van der Waals surface area contributed by atoms with Crippen LogP contribution >= 0.6 is 11.6 Å². The summed E-state index contributed by atoms with van der Waals surface area (Å²) in [6, 6.07) is 12.7. The molecule has 1 aromatic carbocycles. The Bertz CT molecular complexity index is 816. The van der Waals surface area contributed by atoms with Crippen LogP contribution in [0.15, 0.2) is 54.9 Å². The molecule has 0 bridgehead atoms. The van der Waals surface area contributed by atoms with Gasteiger partial charge in [0.1, 0.15) is 5.69 Å². The normalized spacial score (nSPS) is 11.9. The third-order valence-electron chi connectivity index (χ3n) is 3.49. The van der Waals surface area contributed by atoms with Gasteiger partial charge in [0, 0.05) is 23.0 Å². The molecule has 2 aromatic heterocycles. The summed E-state index contributed by atoms with van der Waals surface area (Å²) in [6.07, 6.45) is 3.37. The van der Waals surface area contributed by atoms with Crippen LogP contribution in [0, 0.1) is 0 Å². The number of H-pyrrole nitrogens is 1. The number of nitrogens with zero attached hydrogens (tertiary/aromatic N) is 2. The second kappa shape index (κ2) is 6.62. The minimum Gasteiger partial charge on any atom is -0.344 e. The first-order valence-electron chi connectivity index (χ1n) is 7.15. The van der Waals surface area contributed by atoms with Crippen LogP contribution in [-0.2, 0) is 0 Å². The highest BCUT2D eigenvalue weighted by Gasteiger charge is 2.14. The minimum atomic E-state index is -0.217. The molecule has 0 aliphatic carbocycles. The van der Waals surface area contributed by atoms with Crippen LogP contribution in [0.25, 0.3) is 11.3 Å². The maximum atomic E-state index is 12.3. The van der Waals surface area contributed by atoms with E-state index in [9.17, 15) is 4.79 Å². The van der Waals surface area contributed by atoms with Gasteiger partial charge in [-0.05, 0) is 42.8 Å². The summed E-state index contributed by atoms with van der Waals surface area (Å²) in [5.41, 5.74) is 2.96. The van der Waals surface area contributed by atoms with Gasteiger partial charge in [0.15, 0.2) is 0 Å². The minimum absolute atomic E-state index is 0.158. The maximum Gasteiger partial charge on any atom is 0.269 e. The summed E-state index contributed by atoms with van der Waals surface area (Å²) in [5, 5.41) is 10.5. The van der Waals surface area contributed by atoms with E-state index in [1.165, 1.54) is 0 Å². The van der Waals surface area contributed by atoms with Crippen LogP contribution in [-0.4, -0.2) is 21.1 Å². The van der Waals surface area contributed by atoms with Gasteiger partial charge in [-0.25, -0.2) is 0 Å². The summed E-state index contributed by atoms with van der Waals surface area (Å²) in [7, 11) is 0. The number of hydrogen-bond donors (Lipinski definition) is 2. The molecule has 0 saturated heterocycles. The number of amides is 1. The molecule has 2 heterocycles. The van der Waals surface area contributed by atoms with Gasteiger partial charge in [0.25, 0.3) is 5.91 Å². The molecular weight excluding hydrogens is 312 g/mol. The summed E-state index contributed by atoms with van der Waals surface area (Å²) in [4.78, 5) is 16.3. The van der Waals surface area contributed by atoms with Crippen LogP contribution in [0.2, 0.25) is 5.02 Å². The Kier molecular flexibility index (Phi) is 4.39. The fourth-order valence-corrected chi connectivity index (χ4v) is 2.44. The summed E-state index contributed by atoms with van der Waals surface area (Å²) in [6.45, 7) is 1.91. The van der Waals surface area contributed by atoms with Crippen molar-refractivity contribution in [2.45, 2.75) is 13.0 Å². The van der Waals surface area contributed by atoms with Gasteiger partial charge < -0.3 is 5.32 Å². The van der Waals surface area contributed by atoms with Crippen LogP contribution in [0.1, 0.15) is 29.0 Å². The Morgan fingerprint density at radius 3 is 2.74 bits per heavy atom. The zero-order chi connectivity index (χ0) is 16.2. The molecule has 0 spiro atoms. The highest BCUT2D eigenvalue weighted by atomic mass is 35.5. The topological polar surface area (TPSA) is 70.7 Å². The predicted molar refractivity (Wildman–Crippen MR) is 89.2 cm³/mol. The molecule has 3 rings (SSSR count). The number of benzene rings is 1. The Morgan fingerprint density at radius 1 is 1.22 bits per heavy atom. The van der Waals surface area contributed by atoms with E-state index in [0.29, 0.717) is 16.4 Å². The number of carbonyl (C=O) groups excluding carboxylic acids is 1. The Labute approximate surface area is 138 Å². The highest BCUT2D eigenvalue weighted by Crippen LogP contribution is 2.19. The predicted octanol–water partition coefficient (Wildman–Crippen LogP) is 3.62. The standard InChI is InChI=1S/C17H15ClN4O/c1-11(13-3-2-4-14(18)9-13)20-17(23)16-10-15(21-22-16)12-5-7-19-8-6-12/h2-11H,1H3,(H,20,23)(H,21,22)/t11-/m1/s1. The quantitative estimate of drug-likeness (QED) is 0.769. The van der Waals surface area contributed by atoms with Gasteiger partial charge in [0.05, 0.1) is 11.7 Å². The zero-order valence-corrected chi connectivity index (χ0v) is 13.2. The molecule has 5 nitrogen and oxygen atoms in total. The van der Waals surface area contributed by atoms with E-state index in [-0.39, 0.29) is 11.9 Å². The number of nitrogens with one attached hydrogen (secondary N) is 2. The van der Waals surface area contributed by atoms with E-state index >= 15 is 0 Å². The Balaban J connectivity index is 1.73. The third-order valence-corrected chi connectivity index (χ3v) is 3.73. The average molecular weight is 327 g/mol. The van der Waals surface area contributed by atoms with E-state index in [4.69, 9.17) is 11.6 Å². The molecule has 1 amide bonds. The fourth-order valence-electron chi connectivity index (χ4n) is 2.24. The number of carbonyl (C=O) groups is 1. The SMILES string of the molecule is C[C@@H](NC(=O)c1cc(-c2ccncc2)n[nH]1)c1cccc(Cl)c1. The molecule has 1 atom stereocenters. The van der Waals surface area contributed by atoms with Gasteiger partial charge in [0.2, 0.25) is 0 Å². The average Bonchev–Trinajstić information content (AvgIpc) is 3.06. The molecule has 0 fully saturated rings. The number of rotatable bonds is 4. The van der Waals surface area contributed by atoms with Crippen molar-refractivity contribution in [1.29, 1.82) is 0 Å². The van der Waals surface area contributed by atoms with Crippen molar-refractivity contribution >= 4 is 17.5 Å². The lowest BCUT2D eigenvalue weighted by Gasteiger charge is -2.13. The van der Waals surface area contributed by atoms with Crippen LogP contribution in [0.5, 0.6) is 0 Å². The number of aromatic nitrogens is 3. The van der Waals surface area contributed by atoms with E-state index in [1.807, 2.05) is 37.3 Å². The second-order valence-corrected chi connectivity index (χ2v) is 5.59. The van der Waals surface area contributed by atoms with Crippen molar-refractivity contribution in [3.63, 3.8) is 0 Å². The lowest BCUT2D eigenvalue weighted by molar-refractivity contribution is 0.0935. The zero-order valence-electron chi connectivity index (χ0n) is 12.5. The molecule has 6 heteroatoms. The van der Waals surface area contributed by atoms with Gasteiger partial charge in [-0.2, -0.15) is 5.10 Å². The fraction of sp³-hybridized carbons (Fsp3) is 0.118. The Morgan fingerprint density at radius 2 is 2.00 bits per heavy atom. The van der Waals surface area contributed by atoms with Crippen molar-refractivity contribution in [1.82, 2.24) is 20.5 Å². The van der Waals surface area contributed by atoms with Crippen LogP contribution < -0.4 is 5.32 Å². The Hall–Kier alpha value is -2.66. The summed E-state index contributed by atoms with van der Waals surface area (Å²) < 4.78 is 0. The second-order valence-electron chi connectivity index (χ2n) is 5.15. The molecule has 0 saturated carbocycles. The molecule has 23 heavy (non-hydrogen) atoms. The number of aromatic amines is 1. The largest absolute Gasteiger partial charge is 0.344 e. The van der Waals surface area contributed by atoms with Gasteiger partial charge >= 0.3 is 0 Å². The maximum absolute atomic E-state index is 12.3. The van der Waals surface area contributed by atoms with Crippen LogP contribution in [0.3, 0.4) is 0 Å². The van der Waals surface area contributed by atoms with Crippen LogP contribution in [0.4, 0.5) is 0 Å². The van der Waals surface area contributed by atoms with Crippen molar-refractivity contribution < 1.29 is 4.79 Å². The molecule has 0 radical (unpaired) electrons. The lowest BCUT2D eigenvalue weighted by atomic mass is 10.1. The lowest BCUT2D eigenvalue weighted by Crippen LogP contribution is -2.26. The molecule has 0 unspecified atom stereocenters. The molecule has 0 aliphatic rings. The highest BCUT2D eigenvalue weighted by molar-refractivity contribution is 6.30. The van der Waals surface area contributed by atoms with E-state index in [1.54, 1.807) is 24.5 Å². The summed E-state index contributed by atoms with van der Waals surface area (Å²) >= 11 is 5.98. The number of halogens is 1. The molecular formula is C17H15ClN4O. The third kappa shape index (κ3) is 3.57. The van der Waals surface area contributed by atoms with E-state index < -0.39 is 0 Å². The first-order chi connectivity index (χ1) is 11.1. The molecule has 116 valence electrons. The smallest absolute Gasteiger partial charge is 0.269 e. The molecule has 0 aliphatic heterocycles. The first-order valence-corrected chi connectivity index (χ1v) is 7.53. The number of pyridine rings is 1. The monoisotopic (exact) mass is 326 g/mol. The van der Waals surface area contributed by atoms with Crippen molar-refractivity contribution in [3.05, 3.63) is 71.1 Å². The molecule has 2 N–H and O–H groups in total. The van der Waals surface area contributed by atoms with E-state index in [2.05, 4.69) is 20.5 Å². The van der Waals surface area contributed by atoms with Crippen molar-refractivity contribution in [3.8, 4) is 11.3 Å². The first kappa shape index (κ1) is 15.2. The van der Waals surface area contributed by atoms with Gasteiger partial charge in [-0.1, -0.05) is 23.7 Å². The van der Waals surface area contributed by atoms with Crippen molar-refractivity contribution in [2.75, 3.05) is 0 Å².